The lowest BCUT2D eigenvalue weighted by molar-refractivity contribution is -0.123. The molecule has 0 bridgehead atoms. The summed E-state index contributed by atoms with van der Waals surface area (Å²) in [6.07, 6.45) is 7.85. The van der Waals surface area contributed by atoms with Gasteiger partial charge in [0.05, 0.1) is 12.1 Å². The number of thiazole rings is 1. The summed E-state index contributed by atoms with van der Waals surface area (Å²) in [6, 6.07) is -0.713. The molecule has 2 atom stereocenters. The Morgan fingerprint density at radius 3 is 3.06 bits per heavy atom. The fraction of sp³-hybridized carbons (Fsp3) is 0.455. The van der Waals surface area contributed by atoms with E-state index in [-0.39, 0.29) is 18.4 Å². The molecule has 5 heteroatoms. The van der Waals surface area contributed by atoms with Crippen LogP contribution < -0.4 is 11.1 Å². The van der Waals surface area contributed by atoms with Crippen molar-refractivity contribution >= 4 is 17.2 Å². The van der Waals surface area contributed by atoms with Crippen LogP contribution in [0, 0.1) is 12.3 Å². The summed E-state index contributed by atoms with van der Waals surface area (Å²) in [5.41, 5.74) is 5.61. The van der Waals surface area contributed by atoms with Gasteiger partial charge >= 0.3 is 0 Å². The Labute approximate surface area is 99.3 Å². The highest BCUT2D eigenvalue weighted by atomic mass is 32.1. The van der Waals surface area contributed by atoms with Crippen LogP contribution >= 0.6 is 11.3 Å². The maximum absolute atomic E-state index is 11.6. The monoisotopic (exact) mass is 237 g/mol. The molecule has 1 amide bonds. The average molecular weight is 237 g/mol. The van der Waals surface area contributed by atoms with Gasteiger partial charge in [0.1, 0.15) is 5.01 Å². The van der Waals surface area contributed by atoms with E-state index in [0.717, 1.165) is 11.4 Å². The van der Waals surface area contributed by atoms with Gasteiger partial charge in [-0.2, -0.15) is 0 Å². The van der Waals surface area contributed by atoms with Gasteiger partial charge in [0.25, 0.3) is 0 Å². The largest absolute Gasteiger partial charge is 0.345 e. The first kappa shape index (κ1) is 12.7. The van der Waals surface area contributed by atoms with Crippen LogP contribution in [0.5, 0.6) is 0 Å². The highest BCUT2D eigenvalue weighted by molar-refractivity contribution is 7.09. The van der Waals surface area contributed by atoms with Crippen LogP contribution in [0.4, 0.5) is 0 Å². The van der Waals surface area contributed by atoms with E-state index in [1.54, 1.807) is 6.20 Å². The van der Waals surface area contributed by atoms with Crippen LogP contribution in [-0.2, 0) is 4.79 Å². The van der Waals surface area contributed by atoms with Crippen molar-refractivity contribution in [1.82, 2.24) is 10.3 Å². The number of nitrogens with two attached hydrogens (primary N) is 1. The van der Waals surface area contributed by atoms with Crippen molar-refractivity contribution in [2.45, 2.75) is 31.8 Å². The molecule has 1 rings (SSSR count). The number of amides is 1. The quantitative estimate of drug-likeness (QED) is 0.752. The number of rotatable bonds is 5. The van der Waals surface area contributed by atoms with E-state index >= 15 is 0 Å². The van der Waals surface area contributed by atoms with E-state index < -0.39 is 6.04 Å². The van der Waals surface area contributed by atoms with Crippen LogP contribution in [0.15, 0.2) is 11.6 Å². The molecule has 0 spiro atoms. The van der Waals surface area contributed by atoms with E-state index in [1.165, 1.54) is 11.3 Å². The van der Waals surface area contributed by atoms with Gasteiger partial charge in [0, 0.05) is 18.0 Å². The average Bonchev–Trinajstić information content (AvgIpc) is 2.79. The van der Waals surface area contributed by atoms with Crippen molar-refractivity contribution in [2.75, 3.05) is 0 Å². The summed E-state index contributed by atoms with van der Waals surface area (Å²) < 4.78 is 0. The molecule has 0 fully saturated rings. The van der Waals surface area contributed by atoms with Crippen LogP contribution in [0.25, 0.3) is 0 Å². The molecule has 0 saturated heterocycles. The molecule has 0 aliphatic heterocycles. The minimum atomic E-state index is -0.640. The molecule has 0 aromatic carbocycles. The normalized spacial score (nSPS) is 13.8. The lowest BCUT2D eigenvalue weighted by Crippen LogP contribution is -2.41. The van der Waals surface area contributed by atoms with Crippen molar-refractivity contribution in [1.29, 1.82) is 0 Å². The molecule has 1 heterocycles. The number of hydrogen-bond acceptors (Lipinski definition) is 4. The zero-order chi connectivity index (χ0) is 12.0. The Balaban J connectivity index is 2.58. The summed E-state index contributed by atoms with van der Waals surface area (Å²) in [5, 5.41) is 5.61. The molecular formula is C11H15N3OS. The van der Waals surface area contributed by atoms with Crippen molar-refractivity contribution in [2.24, 2.45) is 5.73 Å². The van der Waals surface area contributed by atoms with Crippen LogP contribution in [-0.4, -0.2) is 16.9 Å². The molecule has 4 nitrogen and oxygen atoms in total. The third kappa shape index (κ3) is 3.33. The first-order valence-corrected chi connectivity index (χ1v) is 5.95. The first-order valence-electron chi connectivity index (χ1n) is 5.07. The molecule has 16 heavy (non-hydrogen) atoms. The van der Waals surface area contributed by atoms with E-state index in [9.17, 15) is 4.79 Å². The Bertz CT molecular complexity index is 369. The fourth-order valence-corrected chi connectivity index (χ4v) is 2.02. The third-order valence-corrected chi connectivity index (χ3v) is 3.04. The fourth-order valence-electron chi connectivity index (χ4n) is 1.24. The second-order valence-electron chi connectivity index (χ2n) is 3.35. The molecule has 0 aliphatic carbocycles. The summed E-state index contributed by atoms with van der Waals surface area (Å²) in [7, 11) is 0. The van der Waals surface area contributed by atoms with Crippen LogP contribution in [0.1, 0.15) is 30.8 Å². The maximum atomic E-state index is 11.6. The first-order chi connectivity index (χ1) is 7.69. The number of carbonyl (C=O) groups is 1. The van der Waals surface area contributed by atoms with Crippen molar-refractivity contribution in [3.8, 4) is 12.3 Å². The van der Waals surface area contributed by atoms with E-state index in [4.69, 9.17) is 12.2 Å². The summed E-state index contributed by atoms with van der Waals surface area (Å²) in [6.45, 7) is 1.99. The second kappa shape index (κ2) is 6.26. The Kier molecular flexibility index (Phi) is 4.96. The molecule has 0 saturated carbocycles. The van der Waals surface area contributed by atoms with Gasteiger partial charge in [-0.25, -0.2) is 4.98 Å². The molecule has 1 aromatic rings. The maximum Gasteiger partial charge on any atom is 0.238 e. The van der Waals surface area contributed by atoms with Gasteiger partial charge in [0.2, 0.25) is 5.91 Å². The lowest BCUT2D eigenvalue weighted by atomic mass is 10.2. The number of carbonyl (C=O) groups excluding carboxylic acids is 1. The smallest absolute Gasteiger partial charge is 0.238 e. The molecule has 86 valence electrons. The van der Waals surface area contributed by atoms with Crippen molar-refractivity contribution in [3.63, 3.8) is 0 Å². The third-order valence-electron chi connectivity index (χ3n) is 2.15. The number of terminal acetylenes is 1. The van der Waals surface area contributed by atoms with E-state index in [0.29, 0.717) is 0 Å². The van der Waals surface area contributed by atoms with Crippen LogP contribution in [0.3, 0.4) is 0 Å². The number of nitrogens with one attached hydrogen (secondary N) is 1. The van der Waals surface area contributed by atoms with Gasteiger partial charge < -0.3 is 11.1 Å². The Morgan fingerprint density at radius 2 is 2.56 bits per heavy atom. The van der Waals surface area contributed by atoms with E-state index in [2.05, 4.69) is 16.2 Å². The SMILES string of the molecule is C#CCC(N)C(=O)NC(CC)c1nccs1. The second-order valence-corrected chi connectivity index (χ2v) is 4.28. The topological polar surface area (TPSA) is 68.0 Å². The van der Waals surface area contributed by atoms with Crippen LogP contribution in [0.2, 0.25) is 0 Å². The highest BCUT2D eigenvalue weighted by Crippen LogP contribution is 2.18. The molecule has 0 aliphatic rings. The van der Waals surface area contributed by atoms with Gasteiger partial charge in [-0.15, -0.1) is 23.7 Å². The zero-order valence-corrected chi connectivity index (χ0v) is 9.96. The zero-order valence-electron chi connectivity index (χ0n) is 9.14. The molecular weight excluding hydrogens is 222 g/mol. The summed E-state index contributed by atoms with van der Waals surface area (Å²) >= 11 is 1.52. The number of hydrogen-bond donors (Lipinski definition) is 2. The van der Waals surface area contributed by atoms with Crippen molar-refractivity contribution in [3.05, 3.63) is 16.6 Å². The van der Waals surface area contributed by atoms with Gasteiger partial charge in [-0.3, -0.25) is 4.79 Å². The predicted molar refractivity (Wildman–Crippen MR) is 64.7 cm³/mol. The lowest BCUT2D eigenvalue weighted by Gasteiger charge is -2.16. The Hall–Kier alpha value is -1.38. The minimum Gasteiger partial charge on any atom is -0.345 e. The highest BCUT2D eigenvalue weighted by Gasteiger charge is 2.18. The van der Waals surface area contributed by atoms with Gasteiger partial charge in [-0.1, -0.05) is 6.92 Å². The Morgan fingerprint density at radius 1 is 1.81 bits per heavy atom. The minimum absolute atomic E-state index is 0.0728. The summed E-state index contributed by atoms with van der Waals surface area (Å²) in [5.74, 6) is 2.15. The number of aromatic nitrogens is 1. The van der Waals surface area contributed by atoms with Gasteiger partial charge in [0.15, 0.2) is 0 Å². The molecule has 1 aromatic heterocycles. The van der Waals surface area contributed by atoms with Crippen molar-refractivity contribution < 1.29 is 4.79 Å². The van der Waals surface area contributed by atoms with Gasteiger partial charge in [-0.05, 0) is 6.42 Å². The van der Waals surface area contributed by atoms with E-state index in [1.807, 2.05) is 12.3 Å². The standard InChI is InChI=1S/C11H15N3OS/c1-3-5-8(12)10(15)14-9(4-2)11-13-6-7-16-11/h1,6-9H,4-5,12H2,2H3,(H,14,15). The summed E-state index contributed by atoms with van der Waals surface area (Å²) in [4.78, 5) is 15.8. The number of nitrogens with zero attached hydrogens (tertiary/aromatic N) is 1. The predicted octanol–water partition coefficient (Wildman–Crippen LogP) is 1.06. The molecule has 0 radical (unpaired) electrons. The molecule has 2 unspecified atom stereocenters. The molecule has 3 N–H and O–H groups in total.